The van der Waals surface area contributed by atoms with Crippen molar-refractivity contribution < 1.29 is 4.79 Å². The van der Waals surface area contributed by atoms with Crippen molar-refractivity contribution >= 4 is 11.6 Å². The van der Waals surface area contributed by atoms with Gasteiger partial charge in [0.05, 0.1) is 11.3 Å². The Morgan fingerprint density at radius 3 is 3.00 bits per heavy atom. The standard InChI is InChI=1S/C20H26N4O/c1-3-6-18-17(12-21-14-23-18)20(25)22-11-16-9-10-24(13-16)19-8-5-4-7-15(19)2/h4-5,7-8,12,14,16H,3,6,9-11,13H2,1-2H3,(H,22,25)/t16-/m0/s1. The van der Waals surface area contributed by atoms with Crippen LogP contribution in [0, 0.1) is 12.8 Å². The zero-order valence-electron chi connectivity index (χ0n) is 15.0. The van der Waals surface area contributed by atoms with Crippen LogP contribution >= 0.6 is 0 Å². The van der Waals surface area contributed by atoms with Crippen LogP contribution in [0.4, 0.5) is 5.69 Å². The number of nitrogens with zero attached hydrogens (tertiary/aromatic N) is 3. The third kappa shape index (κ3) is 4.16. The summed E-state index contributed by atoms with van der Waals surface area (Å²) >= 11 is 0. The van der Waals surface area contributed by atoms with Gasteiger partial charge in [0.15, 0.2) is 0 Å². The smallest absolute Gasteiger partial charge is 0.254 e. The minimum absolute atomic E-state index is 0.0570. The molecular weight excluding hydrogens is 312 g/mol. The summed E-state index contributed by atoms with van der Waals surface area (Å²) in [6.07, 6.45) is 6.00. The van der Waals surface area contributed by atoms with Crippen molar-refractivity contribution in [1.82, 2.24) is 15.3 Å². The van der Waals surface area contributed by atoms with E-state index in [1.165, 1.54) is 17.6 Å². The maximum absolute atomic E-state index is 12.5. The molecule has 1 aliphatic heterocycles. The zero-order chi connectivity index (χ0) is 17.6. The first kappa shape index (κ1) is 17.4. The van der Waals surface area contributed by atoms with Crippen molar-refractivity contribution in [3.05, 3.63) is 53.6 Å². The number of para-hydroxylation sites is 1. The summed E-state index contributed by atoms with van der Waals surface area (Å²) < 4.78 is 0. The molecule has 1 aromatic heterocycles. The summed E-state index contributed by atoms with van der Waals surface area (Å²) in [4.78, 5) is 23.2. The molecule has 0 unspecified atom stereocenters. The molecule has 0 spiro atoms. The molecule has 1 atom stereocenters. The van der Waals surface area contributed by atoms with Crippen molar-refractivity contribution in [3.8, 4) is 0 Å². The lowest BCUT2D eigenvalue weighted by Crippen LogP contribution is -2.32. The largest absolute Gasteiger partial charge is 0.371 e. The summed E-state index contributed by atoms with van der Waals surface area (Å²) in [6, 6.07) is 8.48. The first-order valence-electron chi connectivity index (χ1n) is 9.06. The lowest BCUT2D eigenvalue weighted by molar-refractivity contribution is 0.0946. The van der Waals surface area contributed by atoms with Gasteiger partial charge in [0.25, 0.3) is 5.91 Å². The van der Waals surface area contributed by atoms with Gasteiger partial charge in [0.1, 0.15) is 6.33 Å². The average Bonchev–Trinajstić information content (AvgIpc) is 3.09. The second-order valence-corrected chi connectivity index (χ2v) is 6.73. The number of aromatic nitrogens is 2. The van der Waals surface area contributed by atoms with Gasteiger partial charge in [-0.05, 0) is 37.3 Å². The van der Waals surface area contributed by atoms with E-state index in [4.69, 9.17) is 0 Å². The lowest BCUT2D eigenvalue weighted by Gasteiger charge is -2.21. The Morgan fingerprint density at radius 2 is 2.20 bits per heavy atom. The Kier molecular flexibility index (Phi) is 5.64. The van der Waals surface area contributed by atoms with Crippen LogP contribution in [0.1, 0.15) is 41.4 Å². The van der Waals surface area contributed by atoms with Crippen LogP contribution in [-0.4, -0.2) is 35.5 Å². The number of benzene rings is 1. The van der Waals surface area contributed by atoms with Crippen molar-refractivity contribution in [1.29, 1.82) is 0 Å². The quantitative estimate of drug-likeness (QED) is 0.880. The second-order valence-electron chi connectivity index (χ2n) is 6.73. The summed E-state index contributed by atoms with van der Waals surface area (Å²) in [6.45, 7) is 6.96. The molecule has 1 amide bonds. The first-order valence-corrected chi connectivity index (χ1v) is 9.06. The molecule has 25 heavy (non-hydrogen) atoms. The molecular formula is C20H26N4O. The summed E-state index contributed by atoms with van der Waals surface area (Å²) in [5.41, 5.74) is 4.05. The number of rotatable bonds is 6. The topological polar surface area (TPSA) is 58.1 Å². The zero-order valence-corrected chi connectivity index (χ0v) is 15.0. The fourth-order valence-corrected chi connectivity index (χ4v) is 3.45. The number of carbonyl (C=O) groups is 1. The maximum Gasteiger partial charge on any atom is 0.254 e. The molecule has 1 fully saturated rings. The molecule has 0 aliphatic carbocycles. The monoisotopic (exact) mass is 338 g/mol. The third-order valence-corrected chi connectivity index (χ3v) is 4.82. The van der Waals surface area contributed by atoms with Gasteiger partial charge in [-0.25, -0.2) is 9.97 Å². The Balaban J connectivity index is 1.56. The number of aryl methyl sites for hydroxylation is 2. The molecule has 0 radical (unpaired) electrons. The summed E-state index contributed by atoms with van der Waals surface area (Å²) in [7, 11) is 0. The van der Waals surface area contributed by atoms with E-state index < -0.39 is 0 Å². The highest BCUT2D eigenvalue weighted by molar-refractivity contribution is 5.94. The average molecular weight is 338 g/mol. The van der Waals surface area contributed by atoms with E-state index in [0.29, 0.717) is 18.0 Å². The van der Waals surface area contributed by atoms with Gasteiger partial charge in [-0.15, -0.1) is 0 Å². The minimum Gasteiger partial charge on any atom is -0.371 e. The third-order valence-electron chi connectivity index (χ3n) is 4.82. The van der Waals surface area contributed by atoms with Crippen molar-refractivity contribution in [3.63, 3.8) is 0 Å². The molecule has 5 nitrogen and oxygen atoms in total. The normalized spacial score (nSPS) is 16.9. The minimum atomic E-state index is -0.0570. The van der Waals surface area contributed by atoms with E-state index in [9.17, 15) is 4.79 Å². The SMILES string of the molecule is CCCc1ncncc1C(=O)NC[C@@H]1CCN(c2ccccc2C)C1. The maximum atomic E-state index is 12.5. The first-order chi connectivity index (χ1) is 12.2. The number of hydrogen-bond acceptors (Lipinski definition) is 4. The molecule has 132 valence electrons. The predicted molar refractivity (Wildman–Crippen MR) is 99.9 cm³/mol. The van der Waals surface area contributed by atoms with Crippen LogP contribution in [0.5, 0.6) is 0 Å². The molecule has 0 bridgehead atoms. The molecule has 5 heteroatoms. The van der Waals surface area contributed by atoms with Crippen molar-refractivity contribution in [2.45, 2.75) is 33.1 Å². The van der Waals surface area contributed by atoms with Crippen LogP contribution in [0.15, 0.2) is 36.8 Å². The highest BCUT2D eigenvalue weighted by atomic mass is 16.1. The van der Waals surface area contributed by atoms with Gasteiger partial charge in [-0.3, -0.25) is 4.79 Å². The van der Waals surface area contributed by atoms with Crippen LogP contribution in [0.2, 0.25) is 0 Å². The molecule has 2 heterocycles. The molecule has 1 saturated heterocycles. The second kappa shape index (κ2) is 8.10. The van der Waals surface area contributed by atoms with Crippen molar-refractivity contribution in [2.75, 3.05) is 24.5 Å². The van der Waals surface area contributed by atoms with Crippen LogP contribution in [0.25, 0.3) is 0 Å². The highest BCUT2D eigenvalue weighted by Gasteiger charge is 2.24. The van der Waals surface area contributed by atoms with Crippen LogP contribution in [-0.2, 0) is 6.42 Å². The van der Waals surface area contributed by atoms with Gasteiger partial charge in [0.2, 0.25) is 0 Å². The Labute approximate surface area is 149 Å². The fourth-order valence-electron chi connectivity index (χ4n) is 3.45. The molecule has 1 aromatic carbocycles. The number of carbonyl (C=O) groups excluding carboxylic acids is 1. The van der Waals surface area contributed by atoms with Crippen molar-refractivity contribution in [2.24, 2.45) is 5.92 Å². The number of anilines is 1. The molecule has 3 rings (SSSR count). The van der Waals surface area contributed by atoms with Gasteiger partial charge >= 0.3 is 0 Å². The molecule has 1 N–H and O–H groups in total. The number of amides is 1. The molecule has 2 aromatic rings. The lowest BCUT2D eigenvalue weighted by atomic mass is 10.1. The van der Waals surface area contributed by atoms with Gasteiger partial charge < -0.3 is 10.2 Å². The number of hydrogen-bond donors (Lipinski definition) is 1. The van der Waals surface area contributed by atoms with E-state index in [0.717, 1.165) is 38.0 Å². The Hall–Kier alpha value is -2.43. The predicted octanol–water partition coefficient (Wildman–Crippen LogP) is 2.99. The van der Waals surface area contributed by atoms with Crippen LogP contribution in [0.3, 0.4) is 0 Å². The van der Waals surface area contributed by atoms with E-state index in [1.54, 1.807) is 6.20 Å². The van der Waals surface area contributed by atoms with Crippen LogP contribution < -0.4 is 10.2 Å². The summed E-state index contributed by atoms with van der Waals surface area (Å²) in [5, 5.41) is 3.08. The van der Waals surface area contributed by atoms with E-state index in [1.807, 2.05) is 0 Å². The summed E-state index contributed by atoms with van der Waals surface area (Å²) in [5.74, 6) is 0.418. The van der Waals surface area contributed by atoms with E-state index in [2.05, 4.69) is 58.3 Å². The van der Waals surface area contributed by atoms with Gasteiger partial charge in [-0.2, -0.15) is 0 Å². The molecule has 0 saturated carbocycles. The van der Waals surface area contributed by atoms with E-state index >= 15 is 0 Å². The fraction of sp³-hybridized carbons (Fsp3) is 0.450. The number of nitrogens with one attached hydrogen (secondary N) is 1. The van der Waals surface area contributed by atoms with Gasteiger partial charge in [0, 0.05) is 31.5 Å². The van der Waals surface area contributed by atoms with Gasteiger partial charge in [-0.1, -0.05) is 31.5 Å². The molecule has 1 aliphatic rings. The van der Waals surface area contributed by atoms with E-state index in [-0.39, 0.29) is 5.91 Å². The highest BCUT2D eigenvalue weighted by Crippen LogP contribution is 2.26. The Morgan fingerprint density at radius 1 is 1.36 bits per heavy atom. The Bertz CT molecular complexity index is 731.